The Balaban J connectivity index is 2.60. The van der Waals surface area contributed by atoms with Gasteiger partial charge in [0.15, 0.2) is 0 Å². The molecule has 6 heteroatoms. The van der Waals surface area contributed by atoms with Crippen LogP contribution in [0.5, 0.6) is 0 Å². The predicted molar refractivity (Wildman–Crippen MR) is 60.5 cm³/mol. The van der Waals surface area contributed by atoms with Crippen molar-refractivity contribution in [2.24, 2.45) is 5.73 Å². The van der Waals surface area contributed by atoms with Gasteiger partial charge in [0.1, 0.15) is 5.82 Å². The zero-order valence-corrected chi connectivity index (χ0v) is 9.40. The number of aromatic amines is 1. The maximum atomic E-state index is 12.0. The molecule has 2 aromatic heterocycles. The number of nitrogens with zero attached hydrogens (tertiary/aromatic N) is 3. The predicted octanol–water partition coefficient (Wildman–Crippen LogP) is 0.0422. The van der Waals surface area contributed by atoms with Gasteiger partial charge in [0.05, 0.1) is 0 Å². The fourth-order valence-corrected chi connectivity index (χ4v) is 1.50. The Morgan fingerprint density at radius 1 is 1.56 bits per heavy atom. The molecule has 0 fully saturated rings. The number of H-pyrrole nitrogens is 1. The Bertz CT molecular complexity index is 554. The molecule has 0 bridgehead atoms. The van der Waals surface area contributed by atoms with Gasteiger partial charge in [0, 0.05) is 17.7 Å². The zero-order chi connectivity index (χ0) is 11.7. The topological polar surface area (TPSA) is 89.1 Å². The van der Waals surface area contributed by atoms with E-state index in [1.165, 1.54) is 4.52 Å². The van der Waals surface area contributed by atoms with Crippen molar-refractivity contribution in [3.8, 4) is 0 Å². The first-order valence-electron chi connectivity index (χ1n) is 5.30. The van der Waals surface area contributed by atoms with Crippen LogP contribution in [0.15, 0.2) is 11.0 Å². The molecule has 0 radical (unpaired) electrons. The molecule has 2 rings (SSSR count). The Morgan fingerprint density at radius 3 is 2.94 bits per heavy atom. The van der Waals surface area contributed by atoms with E-state index in [2.05, 4.69) is 15.1 Å². The summed E-state index contributed by atoms with van der Waals surface area (Å²) in [7, 11) is 0. The standard InChI is InChI=1S/C10H15N5O/c1-6(2)8-13-10-12-5-7(3-4-11)9(16)15(10)14-8/h5-6H,3-4,11H2,1-2H3,(H,12,13,14). The van der Waals surface area contributed by atoms with Gasteiger partial charge in [-0.15, -0.1) is 0 Å². The quantitative estimate of drug-likeness (QED) is 0.766. The lowest BCUT2D eigenvalue weighted by Crippen LogP contribution is -2.22. The van der Waals surface area contributed by atoms with E-state index in [0.29, 0.717) is 24.3 Å². The first-order valence-corrected chi connectivity index (χ1v) is 5.30. The summed E-state index contributed by atoms with van der Waals surface area (Å²) >= 11 is 0. The summed E-state index contributed by atoms with van der Waals surface area (Å²) in [5.74, 6) is 1.41. The van der Waals surface area contributed by atoms with E-state index in [-0.39, 0.29) is 11.5 Å². The van der Waals surface area contributed by atoms with Crippen molar-refractivity contribution < 1.29 is 0 Å². The number of aromatic nitrogens is 4. The van der Waals surface area contributed by atoms with E-state index < -0.39 is 0 Å². The lowest BCUT2D eigenvalue weighted by Gasteiger charge is -1.97. The van der Waals surface area contributed by atoms with Crippen molar-refractivity contribution in [1.29, 1.82) is 0 Å². The van der Waals surface area contributed by atoms with Gasteiger partial charge >= 0.3 is 0 Å². The summed E-state index contributed by atoms with van der Waals surface area (Å²) < 4.78 is 1.38. The molecule has 0 aliphatic heterocycles. The van der Waals surface area contributed by atoms with Gasteiger partial charge < -0.3 is 5.73 Å². The average molecular weight is 221 g/mol. The second-order valence-corrected chi connectivity index (χ2v) is 4.03. The van der Waals surface area contributed by atoms with E-state index in [1.54, 1.807) is 6.20 Å². The third-order valence-corrected chi connectivity index (χ3v) is 2.42. The van der Waals surface area contributed by atoms with Crippen molar-refractivity contribution in [3.05, 3.63) is 27.9 Å². The van der Waals surface area contributed by atoms with Gasteiger partial charge in [0.25, 0.3) is 11.3 Å². The second kappa shape index (κ2) is 4.05. The van der Waals surface area contributed by atoms with Crippen molar-refractivity contribution in [1.82, 2.24) is 19.6 Å². The van der Waals surface area contributed by atoms with Crippen LogP contribution in [0.3, 0.4) is 0 Å². The molecule has 2 aromatic rings. The zero-order valence-electron chi connectivity index (χ0n) is 9.40. The van der Waals surface area contributed by atoms with E-state index in [1.807, 2.05) is 13.8 Å². The summed E-state index contributed by atoms with van der Waals surface area (Å²) in [6, 6.07) is 0. The van der Waals surface area contributed by atoms with Crippen molar-refractivity contribution >= 4 is 5.78 Å². The van der Waals surface area contributed by atoms with E-state index in [9.17, 15) is 4.79 Å². The Kier molecular flexibility index (Phi) is 2.74. The Morgan fingerprint density at radius 2 is 2.31 bits per heavy atom. The average Bonchev–Trinajstić information content (AvgIpc) is 2.67. The second-order valence-electron chi connectivity index (χ2n) is 4.03. The molecule has 0 saturated heterocycles. The number of rotatable bonds is 3. The smallest absolute Gasteiger partial charge is 0.277 e. The lowest BCUT2D eigenvalue weighted by molar-refractivity contribution is 0.753. The van der Waals surface area contributed by atoms with Crippen LogP contribution in [0.2, 0.25) is 0 Å². The van der Waals surface area contributed by atoms with Crippen LogP contribution in [0.25, 0.3) is 5.78 Å². The molecule has 0 aromatic carbocycles. The summed E-state index contributed by atoms with van der Waals surface area (Å²) in [5, 5.41) is 2.95. The minimum Gasteiger partial charge on any atom is -0.330 e. The molecule has 0 aliphatic rings. The number of nitrogens with one attached hydrogen (secondary N) is 1. The summed E-state index contributed by atoms with van der Waals surface area (Å²) in [5.41, 5.74) is 5.92. The minimum absolute atomic E-state index is 0.116. The minimum atomic E-state index is -0.116. The van der Waals surface area contributed by atoms with E-state index in [0.717, 1.165) is 5.82 Å². The normalized spacial score (nSPS) is 11.5. The molecule has 0 saturated carbocycles. The van der Waals surface area contributed by atoms with Crippen LogP contribution in [-0.4, -0.2) is 26.1 Å². The molecule has 0 atom stereocenters. The van der Waals surface area contributed by atoms with Gasteiger partial charge in [-0.3, -0.25) is 9.89 Å². The number of nitrogens with two attached hydrogens (primary N) is 1. The fraction of sp³-hybridized carbons (Fsp3) is 0.500. The van der Waals surface area contributed by atoms with Gasteiger partial charge in [-0.1, -0.05) is 13.8 Å². The highest BCUT2D eigenvalue weighted by molar-refractivity contribution is 5.28. The maximum absolute atomic E-state index is 12.0. The highest BCUT2D eigenvalue weighted by atomic mass is 16.1. The highest BCUT2D eigenvalue weighted by Crippen LogP contribution is 2.08. The van der Waals surface area contributed by atoms with Crippen LogP contribution in [0, 0.1) is 0 Å². The number of hydrogen-bond acceptors (Lipinski definition) is 4. The van der Waals surface area contributed by atoms with Crippen molar-refractivity contribution in [2.75, 3.05) is 6.54 Å². The molecule has 0 amide bonds. The molecule has 0 unspecified atom stereocenters. The van der Waals surface area contributed by atoms with Gasteiger partial charge in [-0.25, -0.2) is 4.98 Å². The summed E-state index contributed by atoms with van der Waals surface area (Å²) in [6.07, 6.45) is 2.08. The van der Waals surface area contributed by atoms with Crippen LogP contribution >= 0.6 is 0 Å². The molecule has 16 heavy (non-hydrogen) atoms. The lowest BCUT2D eigenvalue weighted by atomic mass is 10.2. The SMILES string of the molecule is CC(C)c1nc2ncc(CCN)c(=O)n2[nH]1. The first kappa shape index (κ1) is 10.8. The van der Waals surface area contributed by atoms with Gasteiger partial charge in [-0.2, -0.15) is 9.50 Å². The van der Waals surface area contributed by atoms with Crippen LogP contribution < -0.4 is 11.3 Å². The number of fused-ring (bicyclic) bond motifs is 1. The molecule has 0 spiro atoms. The Hall–Kier alpha value is -1.69. The fourth-order valence-electron chi connectivity index (χ4n) is 1.50. The molecular weight excluding hydrogens is 206 g/mol. The van der Waals surface area contributed by atoms with Gasteiger partial charge in [-0.05, 0) is 13.0 Å². The van der Waals surface area contributed by atoms with Gasteiger partial charge in [0.2, 0.25) is 0 Å². The highest BCUT2D eigenvalue weighted by Gasteiger charge is 2.10. The third kappa shape index (κ3) is 1.71. The monoisotopic (exact) mass is 221 g/mol. The van der Waals surface area contributed by atoms with E-state index >= 15 is 0 Å². The largest absolute Gasteiger partial charge is 0.330 e. The Labute approximate surface area is 92.5 Å². The molecule has 6 nitrogen and oxygen atoms in total. The number of hydrogen-bond donors (Lipinski definition) is 2. The molecule has 0 aliphatic carbocycles. The first-order chi connectivity index (χ1) is 7.63. The summed E-state index contributed by atoms with van der Waals surface area (Å²) in [6.45, 7) is 4.45. The molecule has 3 N–H and O–H groups in total. The summed E-state index contributed by atoms with van der Waals surface area (Å²) in [4.78, 5) is 20.3. The van der Waals surface area contributed by atoms with Crippen molar-refractivity contribution in [2.45, 2.75) is 26.2 Å². The van der Waals surface area contributed by atoms with E-state index in [4.69, 9.17) is 5.73 Å². The molecule has 86 valence electrons. The van der Waals surface area contributed by atoms with Crippen molar-refractivity contribution in [3.63, 3.8) is 0 Å². The third-order valence-electron chi connectivity index (χ3n) is 2.42. The van der Waals surface area contributed by atoms with Crippen LogP contribution in [-0.2, 0) is 6.42 Å². The molecular formula is C10H15N5O. The maximum Gasteiger partial charge on any atom is 0.277 e. The molecule has 2 heterocycles. The van der Waals surface area contributed by atoms with Crippen LogP contribution in [0.1, 0.15) is 31.2 Å². The van der Waals surface area contributed by atoms with Crippen LogP contribution in [0.4, 0.5) is 0 Å².